The van der Waals surface area contributed by atoms with Crippen molar-refractivity contribution in [1.29, 1.82) is 0 Å². The molecule has 0 aliphatic carbocycles. The topological polar surface area (TPSA) is 92.4 Å². The minimum Gasteiger partial charge on any atom is -0.478 e. The summed E-state index contributed by atoms with van der Waals surface area (Å²) in [4.78, 5) is 15.2. The van der Waals surface area contributed by atoms with Gasteiger partial charge in [0.05, 0.1) is 17.8 Å². The Labute approximate surface area is 113 Å². The number of fused-ring (bicyclic) bond motifs is 1. The molecule has 0 fully saturated rings. The number of carboxylic acids is 1. The Bertz CT molecular complexity index is 754. The maximum atomic E-state index is 11.0. The number of pyridine rings is 2. The zero-order valence-corrected chi connectivity index (χ0v) is 10.4. The van der Waals surface area contributed by atoms with Crippen LogP contribution in [0.5, 0.6) is 0 Å². The largest absolute Gasteiger partial charge is 0.478 e. The molecule has 0 spiro atoms. The molecule has 20 heavy (non-hydrogen) atoms. The van der Waals surface area contributed by atoms with Gasteiger partial charge in [-0.1, -0.05) is 6.07 Å². The number of rotatable bonds is 4. The Morgan fingerprint density at radius 3 is 2.90 bits per heavy atom. The van der Waals surface area contributed by atoms with E-state index < -0.39 is 5.97 Å². The van der Waals surface area contributed by atoms with Gasteiger partial charge in [0.25, 0.3) is 0 Å². The van der Waals surface area contributed by atoms with Crippen LogP contribution in [0.1, 0.15) is 16.1 Å². The predicted molar refractivity (Wildman–Crippen MR) is 71.5 cm³/mol. The van der Waals surface area contributed by atoms with Gasteiger partial charge in [0, 0.05) is 12.4 Å². The van der Waals surface area contributed by atoms with Crippen LogP contribution in [0.15, 0.2) is 42.7 Å². The van der Waals surface area contributed by atoms with Crippen molar-refractivity contribution in [1.82, 2.24) is 19.6 Å². The molecule has 0 bridgehead atoms. The van der Waals surface area contributed by atoms with E-state index in [9.17, 15) is 4.79 Å². The molecule has 0 aliphatic heterocycles. The van der Waals surface area contributed by atoms with Gasteiger partial charge in [-0.25, -0.2) is 4.79 Å². The van der Waals surface area contributed by atoms with E-state index in [1.165, 1.54) is 12.3 Å². The van der Waals surface area contributed by atoms with E-state index in [-0.39, 0.29) is 5.56 Å². The normalized spacial score (nSPS) is 10.6. The van der Waals surface area contributed by atoms with Gasteiger partial charge in [0.1, 0.15) is 0 Å². The van der Waals surface area contributed by atoms with Crippen molar-refractivity contribution in [2.24, 2.45) is 0 Å². The van der Waals surface area contributed by atoms with Crippen molar-refractivity contribution in [3.63, 3.8) is 0 Å². The fourth-order valence-corrected chi connectivity index (χ4v) is 1.81. The highest BCUT2D eigenvalue weighted by atomic mass is 16.4. The molecule has 0 unspecified atom stereocenters. The van der Waals surface area contributed by atoms with E-state index in [0.717, 1.165) is 5.69 Å². The first-order chi connectivity index (χ1) is 9.74. The molecule has 3 rings (SSSR count). The summed E-state index contributed by atoms with van der Waals surface area (Å²) >= 11 is 0. The van der Waals surface area contributed by atoms with Crippen LogP contribution >= 0.6 is 0 Å². The van der Waals surface area contributed by atoms with E-state index in [4.69, 9.17) is 5.11 Å². The van der Waals surface area contributed by atoms with Crippen LogP contribution in [-0.4, -0.2) is 30.7 Å². The summed E-state index contributed by atoms with van der Waals surface area (Å²) in [6, 6.07) is 8.74. The molecule has 0 radical (unpaired) electrons. The lowest BCUT2D eigenvalue weighted by Gasteiger charge is -2.04. The van der Waals surface area contributed by atoms with E-state index in [1.54, 1.807) is 16.7 Å². The monoisotopic (exact) mass is 269 g/mol. The van der Waals surface area contributed by atoms with Gasteiger partial charge in [0.2, 0.25) is 5.95 Å². The van der Waals surface area contributed by atoms with Crippen LogP contribution in [0.2, 0.25) is 0 Å². The number of nitrogens with one attached hydrogen (secondary N) is 1. The van der Waals surface area contributed by atoms with Crippen molar-refractivity contribution >= 4 is 17.6 Å². The average molecular weight is 269 g/mol. The van der Waals surface area contributed by atoms with Gasteiger partial charge in [-0.05, 0) is 24.3 Å². The number of hydrogen-bond donors (Lipinski definition) is 2. The first-order valence-electron chi connectivity index (χ1n) is 5.96. The lowest BCUT2D eigenvalue weighted by molar-refractivity contribution is 0.0696. The van der Waals surface area contributed by atoms with Crippen molar-refractivity contribution in [3.05, 3.63) is 54.0 Å². The second kappa shape index (κ2) is 4.96. The van der Waals surface area contributed by atoms with Crippen LogP contribution in [0.3, 0.4) is 0 Å². The first kappa shape index (κ1) is 12.1. The molecule has 3 heterocycles. The minimum absolute atomic E-state index is 0.179. The highest BCUT2D eigenvalue weighted by molar-refractivity contribution is 5.87. The fourth-order valence-electron chi connectivity index (χ4n) is 1.81. The summed E-state index contributed by atoms with van der Waals surface area (Å²) in [7, 11) is 0. The predicted octanol–water partition coefficient (Wildman–Crippen LogP) is 1.43. The summed E-state index contributed by atoms with van der Waals surface area (Å²) in [5, 5.41) is 20.0. The van der Waals surface area contributed by atoms with Gasteiger partial charge >= 0.3 is 5.97 Å². The number of carboxylic acid groups (broad SMARTS) is 1. The Balaban J connectivity index is 1.88. The average Bonchev–Trinajstić information content (AvgIpc) is 2.88. The third-order valence-electron chi connectivity index (χ3n) is 2.80. The summed E-state index contributed by atoms with van der Waals surface area (Å²) < 4.78 is 1.60. The Hall–Kier alpha value is -2.96. The van der Waals surface area contributed by atoms with E-state index >= 15 is 0 Å². The maximum absolute atomic E-state index is 11.0. The van der Waals surface area contributed by atoms with E-state index in [0.29, 0.717) is 18.1 Å². The molecule has 0 aromatic carbocycles. The number of anilines is 1. The second-order valence-electron chi connectivity index (χ2n) is 4.15. The summed E-state index contributed by atoms with van der Waals surface area (Å²) in [6.45, 7) is 0.485. The quantitative estimate of drug-likeness (QED) is 0.744. The highest BCUT2D eigenvalue weighted by Gasteiger charge is 2.09. The summed E-state index contributed by atoms with van der Waals surface area (Å²) in [6.07, 6.45) is 3.19. The van der Waals surface area contributed by atoms with Crippen molar-refractivity contribution < 1.29 is 9.90 Å². The molecule has 7 nitrogen and oxygen atoms in total. The second-order valence-corrected chi connectivity index (χ2v) is 4.15. The molecule has 7 heteroatoms. The van der Waals surface area contributed by atoms with Crippen molar-refractivity contribution in [2.75, 3.05) is 5.32 Å². The standard InChI is InChI=1S/C13H11N5O2/c19-12(20)9-4-5-11-16-17-13(18(11)8-9)15-7-10-3-1-2-6-14-10/h1-6,8H,7H2,(H,15,17)(H,19,20). The van der Waals surface area contributed by atoms with Gasteiger partial charge < -0.3 is 10.4 Å². The van der Waals surface area contributed by atoms with Gasteiger partial charge in [-0.3, -0.25) is 9.38 Å². The number of aromatic carboxylic acids is 1. The first-order valence-corrected chi connectivity index (χ1v) is 5.96. The van der Waals surface area contributed by atoms with Crippen LogP contribution < -0.4 is 5.32 Å². The molecule has 0 amide bonds. The molecule has 100 valence electrons. The molecular formula is C13H11N5O2. The van der Waals surface area contributed by atoms with Crippen LogP contribution in [0.25, 0.3) is 5.65 Å². The van der Waals surface area contributed by atoms with Gasteiger partial charge in [0.15, 0.2) is 5.65 Å². The summed E-state index contributed by atoms with van der Waals surface area (Å²) in [5.74, 6) is -0.509. The van der Waals surface area contributed by atoms with Crippen molar-refractivity contribution in [3.8, 4) is 0 Å². The molecule has 0 atom stereocenters. The summed E-state index contributed by atoms with van der Waals surface area (Å²) in [5.41, 5.74) is 1.62. The lowest BCUT2D eigenvalue weighted by atomic mass is 10.3. The molecule has 3 aromatic rings. The number of nitrogens with zero attached hydrogens (tertiary/aromatic N) is 4. The molecule has 3 aromatic heterocycles. The third-order valence-corrected chi connectivity index (χ3v) is 2.80. The van der Waals surface area contributed by atoms with Gasteiger partial charge in [-0.15, -0.1) is 10.2 Å². The van der Waals surface area contributed by atoms with Gasteiger partial charge in [-0.2, -0.15) is 0 Å². The Morgan fingerprint density at radius 1 is 1.25 bits per heavy atom. The van der Waals surface area contributed by atoms with E-state index in [1.807, 2.05) is 18.2 Å². The number of hydrogen-bond acceptors (Lipinski definition) is 5. The zero-order valence-electron chi connectivity index (χ0n) is 10.4. The van der Waals surface area contributed by atoms with Crippen molar-refractivity contribution in [2.45, 2.75) is 6.54 Å². The van der Waals surface area contributed by atoms with Crippen LogP contribution in [-0.2, 0) is 6.54 Å². The molecule has 0 saturated carbocycles. The Kier molecular flexibility index (Phi) is 3.00. The third kappa shape index (κ3) is 2.28. The number of aromatic nitrogens is 4. The minimum atomic E-state index is -0.990. The molecule has 2 N–H and O–H groups in total. The molecule has 0 aliphatic rings. The lowest BCUT2D eigenvalue weighted by Crippen LogP contribution is -2.06. The number of carbonyl (C=O) groups is 1. The zero-order chi connectivity index (χ0) is 13.9. The maximum Gasteiger partial charge on any atom is 0.337 e. The molecule has 0 saturated heterocycles. The van der Waals surface area contributed by atoms with E-state index in [2.05, 4.69) is 20.5 Å². The SMILES string of the molecule is O=C(O)c1ccc2nnc(NCc3ccccn3)n2c1. The van der Waals surface area contributed by atoms with Crippen LogP contribution in [0.4, 0.5) is 5.95 Å². The highest BCUT2D eigenvalue weighted by Crippen LogP contribution is 2.11. The Morgan fingerprint density at radius 2 is 2.15 bits per heavy atom. The fraction of sp³-hybridized carbons (Fsp3) is 0.0769. The van der Waals surface area contributed by atoms with Crippen LogP contribution in [0, 0.1) is 0 Å². The smallest absolute Gasteiger partial charge is 0.337 e. The molecular weight excluding hydrogens is 258 g/mol.